The van der Waals surface area contributed by atoms with Crippen LogP contribution in [0, 0.1) is 17.8 Å². The fourth-order valence-electron chi connectivity index (χ4n) is 4.60. The van der Waals surface area contributed by atoms with Gasteiger partial charge in [-0.25, -0.2) is 0 Å². The topological polar surface area (TPSA) is 20.2 Å². The minimum Gasteiger partial charge on any atom is -0.507 e. The first-order valence-electron chi connectivity index (χ1n) is 10.2. The second-order valence-electron chi connectivity index (χ2n) is 10.9. The van der Waals surface area contributed by atoms with Crippen molar-refractivity contribution in [3.05, 3.63) is 28.8 Å². The van der Waals surface area contributed by atoms with E-state index in [1.807, 2.05) is 0 Å². The summed E-state index contributed by atoms with van der Waals surface area (Å²) in [6.07, 6.45) is 3.97. The van der Waals surface area contributed by atoms with E-state index < -0.39 is 0 Å². The monoisotopic (exact) mass is 344 g/mol. The average Bonchev–Trinajstić information content (AvgIpc) is 2.44. The molecule has 1 aromatic carbocycles. The lowest BCUT2D eigenvalue weighted by atomic mass is 9.66. The first kappa shape index (κ1) is 20.3. The molecule has 1 N–H and O–H groups in total. The molecule has 1 aliphatic carbocycles. The Morgan fingerprint density at radius 2 is 1.40 bits per heavy atom. The summed E-state index contributed by atoms with van der Waals surface area (Å²) in [5, 5.41) is 11.0. The summed E-state index contributed by atoms with van der Waals surface area (Å²) in [5.41, 5.74) is 3.57. The van der Waals surface area contributed by atoms with E-state index in [4.69, 9.17) is 0 Å². The molecular formula is C24H40O. The molecule has 142 valence electrons. The molecule has 2 rings (SSSR count). The van der Waals surface area contributed by atoms with Crippen LogP contribution in [0.15, 0.2) is 12.1 Å². The van der Waals surface area contributed by atoms with Crippen molar-refractivity contribution in [3.63, 3.8) is 0 Å². The Kier molecular flexibility index (Phi) is 5.67. The van der Waals surface area contributed by atoms with E-state index >= 15 is 0 Å². The second kappa shape index (κ2) is 6.97. The van der Waals surface area contributed by atoms with E-state index in [1.54, 1.807) is 0 Å². The number of benzene rings is 1. The van der Waals surface area contributed by atoms with Gasteiger partial charge in [0.25, 0.3) is 0 Å². The highest BCUT2D eigenvalue weighted by atomic mass is 16.3. The van der Waals surface area contributed by atoms with Gasteiger partial charge in [-0.2, -0.15) is 0 Å². The predicted octanol–water partition coefficient (Wildman–Crippen LogP) is 7.16. The fourth-order valence-corrected chi connectivity index (χ4v) is 4.60. The van der Waals surface area contributed by atoms with Crippen LogP contribution in [0.2, 0.25) is 0 Å². The zero-order valence-electron chi connectivity index (χ0n) is 18.0. The number of aromatic hydroxyl groups is 1. The smallest absolute Gasteiger partial charge is 0.123 e. The lowest BCUT2D eigenvalue weighted by molar-refractivity contribution is 0.197. The third-order valence-electron chi connectivity index (χ3n) is 6.20. The molecule has 0 bridgehead atoms. The Bertz CT molecular complexity index is 562. The number of hydrogen-bond donors (Lipinski definition) is 1. The molecule has 25 heavy (non-hydrogen) atoms. The van der Waals surface area contributed by atoms with Gasteiger partial charge < -0.3 is 5.11 Å². The molecule has 1 saturated carbocycles. The average molecular weight is 345 g/mol. The quantitative estimate of drug-likeness (QED) is 0.603. The van der Waals surface area contributed by atoms with Crippen molar-refractivity contribution in [3.8, 4) is 5.75 Å². The molecule has 1 nitrogen and oxygen atoms in total. The van der Waals surface area contributed by atoms with Gasteiger partial charge in [0.15, 0.2) is 0 Å². The van der Waals surface area contributed by atoms with Crippen LogP contribution in [-0.2, 0) is 10.8 Å². The Morgan fingerprint density at radius 3 is 1.80 bits per heavy atom. The first-order valence-corrected chi connectivity index (χ1v) is 10.2. The van der Waals surface area contributed by atoms with E-state index in [9.17, 15) is 5.11 Å². The molecular weight excluding hydrogens is 304 g/mol. The summed E-state index contributed by atoms with van der Waals surface area (Å²) in [4.78, 5) is 0. The number of phenols is 1. The minimum absolute atomic E-state index is 0.0479. The van der Waals surface area contributed by atoms with Crippen molar-refractivity contribution in [1.82, 2.24) is 0 Å². The van der Waals surface area contributed by atoms with Crippen LogP contribution in [0.4, 0.5) is 0 Å². The molecule has 1 fully saturated rings. The largest absolute Gasteiger partial charge is 0.507 e. The summed E-state index contributed by atoms with van der Waals surface area (Å²) >= 11 is 0. The summed E-state index contributed by atoms with van der Waals surface area (Å²) in [7, 11) is 0. The van der Waals surface area contributed by atoms with Gasteiger partial charge >= 0.3 is 0 Å². The highest BCUT2D eigenvalue weighted by Gasteiger charge is 2.34. The van der Waals surface area contributed by atoms with Crippen LogP contribution in [0.3, 0.4) is 0 Å². The summed E-state index contributed by atoms with van der Waals surface area (Å²) in [6.45, 7) is 20.4. The number of rotatable bonds is 2. The molecule has 0 aliphatic heterocycles. The SMILES string of the molecule is CC1CCC(C(C)C)C(c2cc(C(C)(C)C)c(O)c(C(C)(C)C)c2)C1. The van der Waals surface area contributed by atoms with Gasteiger partial charge in [0.2, 0.25) is 0 Å². The van der Waals surface area contributed by atoms with Crippen molar-refractivity contribution in [2.24, 2.45) is 17.8 Å². The molecule has 1 heteroatoms. The summed E-state index contributed by atoms with van der Waals surface area (Å²) in [5.74, 6) is 3.38. The van der Waals surface area contributed by atoms with Crippen molar-refractivity contribution in [2.45, 2.75) is 98.3 Å². The van der Waals surface area contributed by atoms with Crippen LogP contribution in [0.25, 0.3) is 0 Å². The van der Waals surface area contributed by atoms with E-state index in [-0.39, 0.29) is 10.8 Å². The maximum absolute atomic E-state index is 11.0. The molecule has 1 aliphatic rings. The van der Waals surface area contributed by atoms with E-state index in [0.29, 0.717) is 17.6 Å². The lowest BCUT2D eigenvalue weighted by Gasteiger charge is -2.39. The van der Waals surface area contributed by atoms with Crippen LogP contribution in [0.1, 0.15) is 104 Å². The normalized spacial score (nSPS) is 25.4. The van der Waals surface area contributed by atoms with Gasteiger partial charge in [0, 0.05) is 0 Å². The lowest BCUT2D eigenvalue weighted by Crippen LogP contribution is -2.27. The number of hydrogen-bond acceptors (Lipinski definition) is 1. The zero-order valence-corrected chi connectivity index (χ0v) is 18.0. The Hall–Kier alpha value is -0.980. The Morgan fingerprint density at radius 1 is 0.920 bits per heavy atom. The number of phenolic OH excluding ortho intramolecular Hbond substituents is 1. The Labute approximate surface area is 156 Å². The van der Waals surface area contributed by atoms with Crippen molar-refractivity contribution in [2.75, 3.05) is 0 Å². The van der Waals surface area contributed by atoms with Crippen LogP contribution in [-0.4, -0.2) is 5.11 Å². The predicted molar refractivity (Wildman–Crippen MR) is 110 cm³/mol. The minimum atomic E-state index is -0.0479. The third-order valence-corrected chi connectivity index (χ3v) is 6.20. The summed E-state index contributed by atoms with van der Waals surface area (Å²) < 4.78 is 0. The third kappa shape index (κ3) is 4.41. The van der Waals surface area contributed by atoms with E-state index in [2.05, 4.69) is 74.4 Å². The van der Waals surface area contributed by atoms with Gasteiger partial charge in [-0.3, -0.25) is 0 Å². The van der Waals surface area contributed by atoms with Crippen LogP contribution < -0.4 is 0 Å². The molecule has 0 spiro atoms. The van der Waals surface area contributed by atoms with Crippen molar-refractivity contribution < 1.29 is 5.11 Å². The molecule has 3 unspecified atom stereocenters. The molecule has 0 heterocycles. The highest BCUT2D eigenvalue weighted by molar-refractivity contribution is 5.50. The molecule has 3 atom stereocenters. The standard InChI is InChI=1S/C24H40O/c1-15(2)18-11-10-16(3)12-19(18)17-13-20(23(4,5)6)22(25)21(14-17)24(7,8)9/h13-16,18-19,25H,10-12H2,1-9H3. The van der Waals surface area contributed by atoms with Gasteiger partial charge in [-0.1, -0.05) is 80.9 Å². The van der Waals surface area contributed by atoms with E-state index in [0.717, 1.165) is 23.0 Å². The molecule has 1 aromatic rings. The maximum atomic E-state index is 11.0. The molecule has 0 radical (unpaired) electrons. The van der Waals surface area contributed by atoms with Crippen molar-refractivity contribution >= 4 is 0 Å². The summed E-state index contributed by atoms with van der Waals surface area (Å²) in [6, 6.07) is 4.64. The first-order chi connectivity index (χ1) is 11.3. The highest BCUT2D eigenvalue weighted by Crippen LogP contribution is 2.47. The van der Waals surface area contributed by atoms with E-state index in [1.165, 1.54) is 24.8 Å². The molecule has 0 saturated heterocycles. The Balaban J connectivity index is 2.63. The van der Waals surface area contributed by atoms with Gasteiger partial charge in [-0.15, -0.1) is 0 Å². The maximum Gasteiger partial charge on any atom is 0.123 e. The van der Waals surface area contributed by atoms with Gasteiger partial charge in [0.05, 0.1) is 0 Å². The van der Waals surface area contributed by atoms with Crippen LogP contribution in [0.5, 0.6) is 5.75 Å². The van der Waals surface area contributed by atoms with Crippen LogP contribution >= 0.6 is 0 Å². The molecule has 0 aromatic heterocycles. The van der Waals surface area contributed by atoms with Gasteiger partial charge in [-0.05, 0) is 64.0 Å². The fraction of sp³-hybridized carbons (Fsp3) is 0.750. The second-order valence-corrected chi connectivity index (χ2v) is 10.9. The van der Waals surface area contributed by atoms with Crippen molar-refractivity contribution in [1.29, 1.82) is 0 Å². The van der Waals surface area contributed by atoms with Gasteiger partial charge in [0.1, 0.15) is 5.75 Å². The zero-order chi connectivity index (χ0) is 19.2. The molecule has 0 amide bonds.